The van der Waals surface area contributed by atoms with E-state index in [2.05, 4.69) is 5.10 Å². The first-order chi connectivity index (χ1) is 13.5. The van der Waals surface area contributed by atoms with E-state index < -0.39 is 5.97 Å². The quantitative estimate of drug-likeness (QED) is 0.657. The van der Waals surface area contributed by atoms with Crippen LogP contribution in [0.15, 0.2) is 54.6 Å². The third-order valence-electron chi connectivity index (χ3n) is 4.87. The summed E-state index contributed by atoms with van der Waals surface area (Å²) in [5.41, 5.74) is 5.26. The highest BCUT2D eigenvalue weighted by Gasteiger charge is 2.25. The van der Waals surface area contributed by atoms with Crippen LogP contribution >= 0.6 is 0 Å². The molecule has 3 aromatic rings. The predicted molar refractivity (Wildman–Crippen MR) is 106 cm³/mol. The van der Waals surface area contributed by atoms with E-state index in [1.165, 1.54) is 0 Å². The van der Waals surface area contributed by atoms with Gasteiger partial charge < -0.3 is 9.64 Å². The van der Waals surface area contributed by atoms with Crippen molar-refractivity contribution in [3.05, 3.63) is 77.1 Å². The molecule has 0 N–H and O–H groups in total. The molecule has 0 fully saturated rings. The van der Waals surface area contributed by atoms with Crippen molar-refractivity contribution < 1.29 is 14.3 Å². The number of fused-ring (bicyclic) bond motifs is 1. The Hall–Kier alpha value is -3.41. The molecule has 6 heteroatoms. The zero-order chi connectivity index (χ0) is 19.7. The molecule has 0 unspecified atom stereocenters. The monoisotopic (exact) mass is 375 g/mol. The number of nitrogens with zero attached hydrogens (tertiary/aromatic N) is 3. The smallest absolute Gasteiger partial charge is 0.338 e. The van der Waals surface area contributed by atoms with E-state index in [0.717, 1.165) is 34.7 Å². The summed E-state index contributed by atoms with van der Waals surface area (Å²) in [7, 11) is 0. The fraction of sp³-hybridized carbons (Fsp3) is 0.227. The number of amides is 1. The Kier molecular flexibility index (Phi) is 4.69. The first-order valence-corrected chi connectivity index (χ1v) is 9.22. The van der Waals surface area contributed by atoms with Crippen LogP contribution in [0, 0.1) is 13.8 Å². The minimum Gasteiger partial charge on any atom is -0.452 e. The Morgan fingerprint density at radius 3 is 2.54 bits per heavy atom. The van der Waals surface area contributed by atoms with Crippen molar-refractivity contribution in [2.24, 2.45) is 0 Å². The van der Waals surface area contributed by atoms with Crippen molar-refractivity contribution in [2.75, 3.05) is 18.1 Å². The standard InChI is InChI=1S/C22H21N3O3/c1-15-13-16(2)25(23-15)19-9-7-18(8-10-19)22(27)28-14-21(26)24-12-11-17-5-3-4-6-20(17)24/h3-10,13H,11-12,14H2,1-2H3. The number of ether oxygens (including phenoxy) is 1. The van der Waals surface area contributed by atoms with Gasteiger partial charge in [0.15, 0.2) is 6.61 Å². The molecule has 0 saturated carbocycles. The second-order valence-electron chi connectivity index (χ2n) is 6.89. The van der Waals surface area contributed by atoms with Crippen molar-refractivity contribution in [3.63, 3.8) is 0 Å². The summed E-state index contributed by atoms with van der Waals surface area (Å²) in [4.78, 5) is 26.4. The molecular formula is C22H21N3O3. The lowest BCUT2D eigenvalue weighted by molar-refractivity contribution is -0.121. The third kappa shape index (κ3) is 3.41. The molecule has 2 aromatic carbocycles. The van der Waals surface area contributed by atoms with Gasteiger partial charge in [0.05, 0.1) is 16.9 Å². The zero-order valence-corrected chi connectivity index (χ0v) is 15.9. The Morgan fingerprint density at radius 1 is 1.07 bits per heavy atom. The molecule has 28 heavy (non-hydrogen) atoms. The molecule has 1 aromatic heterocycles. The molecule has 0 spiro atoms. The summed E-state index contributed by atoms with van der Waals surface area (Å²) in [5.74, 6) is -0.724. The molecule has 1 aliphatic heterocycles. The first kappa shape index (κ1) is 18.0. The van der Waals surface area contributed by atoms with Crippen LogP contribution in [-0.4, -0.2) is 34.8 Å². The lowest BCUT2D eigenvalue weighted by Gasteiger charge is -2.17. The average Bonchev–Trinajstić information content (AvgIpc) is 3.28. The summed E-state index contributed by atoms with van der Waals surface area (Å²) in [6.45, 7) is 4.26. The van der Waals surface area contributed by atoms with Crippen LogP contribution in [0.3, 0.4) is 0 Å². The van der Waals surface area contributed by atoms with Crippen molar-refractivity contribution in [1.82, 2.24) is 9.78 Å². The van der Waals surface area contributed by atoms with Gasteiger partial charge in [-0.2, -0.15) is 5.10 Å². The molecule has 0 bridgehead atoms. The Morgan fingerprint density at radius 2 is 1.82 bits per heavy atom. The van der Waals surface area contributed by atoms with E-state index >= 15 is 0 Å². The molecule has 2 heterocycles. The number of aryl methyl sites for hydroxylation is 2. The number of carbonyl (C=O) groups excluding carboxylic acids is 2. The van der Waals surface area contributed by atoms with E-state index in [-0.39, 0.29) is 12.5 Å². The van der Waals surface area contributed by atoms with Gasteiger partial charge in [0.25, 0.3) is 5.91 Å². The number of aromatic nitrogens is 2. The van der Waals surface area contributed by atoms with Gasteiger partial charge in [0.1, 0.15) is 0 Å². The Labute approximate surface area is 163 Å². The van der Waals surface area contributed by atoms with Gasteiger partial charge in [-0.25, -0.2) is 9.48 Å². The van der Waals surface area contributed by atoms with Crippen LogP contribution in [0.1, 0.15) is 27.3 Å². The maximum atomic E-state index is 12.5. The van der Waals surface area contributed by atoms with E-state index in [0.29, 0.717) is 12.1 Å². The highest BCUT2D eigenvalue weighted by molar-refractivity contribution is 5.98. The van der Waals surface area contributed by atoms with Crippen LogP contribution < -0.4 is 4.90 Å². The maximum absolute atomic E-state index is 12.5. The molecule has 0 aliphatic carbocycles. The van der Waals surface area contributed by atoms with Crippen molar-refractivity contribution in [2.45, 2.75) is 20.3 Å². The minimum atomic E-state index is -0.513. The highest BCUT2D eigenvalue weighted by Crippen LogP contribution is 2.27. The van der Waals surface area contributed by atoms with Gasteiger partial charge in [-0.3, -0.25) is 4.79 Å². The lowest BCUT2D eigenvalue weighted by Crippen LogP contribution is -2.33. The van der Waals surface area contributed by atoms with Gasteiger partial charge >= 0.3 is 5.97 Å². The van der Waals surface area contributed by atoms with Gasteiger partial charge in [0, 0.05) is 17.9 Å². The number of hydrogen-bond acceptors (Lipinski definition) is 4. The van der Waals surface area contributed by atoms with Gasteiger partial charge in [-0.1, -0.05) is 18.2 Å². The summed E-state index contributed by atoms with van der Waals surface area (Å²) < 4.78 is 7.06. The molecule has 0 radical (unpaired) electrons. The second-order valence-corrected chi connectivity index (χ2v) is 6.89. The van der Waals surface area contributed by atoms with Gasteiger partial charge in [0.2, 0.25) is 0 Å². The molecule has 142 valence electrons. The van der Waals surface area contributed by atoms with Crippen LogP contribution in [-0.2, 0) is 16.0 Å². The van der Waals surface area contributed by atoms with Crippen molar-refractivity contribution in [1.29, 1.82) is 0 Å². The summed E-state index contributed by atoms with van der Waals surface area (Å²) in [5, 5.41) is 4.43. The summed E-state index contributed by atoms with van der Waals surface area (Å²) >= 11 is 0. The molecule has 6 nitrogen and oxygen atoms in total. The second kappa shape index (κ2) is 7.31. The topological polar surface area (TPSA) is 64.4 Å². The Balaban J connectivity index is 1.39. The molecule has 1 aliphatic rings. The average molecular weight is 375 g/mol. The Bertz CT molecular complexity index is 1040. The number of anilines is 1. The van der Waals surface area contributed by atoms with E-state index in [9.17, 15) is 9.59 Å². The normalized spacial score (nSPS) is 12.7. The van der Waals surface area contributed by atoms with Gasteiger partial charge in [-0.05, 0) is 62.2 Å². The fourth-order valence-electron chi connectivity index (χ4n) is 3.51. The third-order valence-corrected chi connectivity index (χ3v) is 4.87. The SMILES string of the molecule is Cc1cc(C)n(-c2ccc(C(=O)OCC(=O)N3CCc4ccccc43)cc2)n1. The number of para-hydroxylation sites is 1. The molecule has 0 atom stereocenters. The number of carbonyl (C=O) groups is 2. The van der Waals surface area contributed by atoms with Crippen LogP contribution in [0.25, 0.3) is 5.69 Å². The summed E-state index contributed by atoms with van der Waals surface area (Å²) in [6.07, 6.45) is 0.823. The summed E-state index contributed by atoms with van der Waals surface area (Å²) in [6, 6.07) is 16.8. The van der Waals surface area contributed by atoms with Crippen LogP contribution in [0.2, 0.25) is 0 Å². The lowest BCUT2D eigenvalue weighted by atomic mass is 10.2. The van der Waals surface area contributed by atoms with Crippen LogP contribution in [0.5, 0.6) is 0 Å². The molecular weight excluding hydrogens is 354 g/mol. The number of benzene rings is 2. The molecule has 0 saturated heterocycles. The van der Waals surface area contributed by atoms with Crippen LogP contribution in [0.4, 0.5) is 5.69 Å². The minimum absolute atomic E-state index is 0.211. The molecule has 4 rings (SSSR count). The number of esters is 1. The van der Waals surface area contributed by atoms with E-state index in [1.54, 1.807) is 17.0 Å². The van der Waals surface area contributed by atoms with E-state index in [1.807, 2.05) is 61.0 Å². The first-order valence-electron chi connectivity index (χ1n) is 9.22. The maximum Gasteiger partial charge on any atom is 0.338 e. The molecule has 1 amide bonds. The number of rotatable bonds is 4. The predicted octanol–water partition coefficient (Wildman–Crippen LogP) is 3.24. The van der Waals surface area contributed by atoms with Crippen molar-refractivity contribution in [3.8, 4) is 5.69 Å². The highest BCUT2D eigenvalue weighted by atomic mass is 16.5. The fourth-order valence-corrected chi connectivity index (χ4v) is 3.51. The van der Waals surface area contributed by atoms with Gasteiger partial charge in [-0.15, -0.1) is 0 Å². The zero-order valence-electron chi connectivity index (χ0n) is 15.9. The largest absolute Gasteiger partial charge is 0.452 e. The number of hydrogen-bond donors (Lipinski definition) is 0. The van der Waals surface area contributed by atoms with Crippen molar-refractivity contribution >= 4 is 17.6 Å². The van der Waals surface area contributed by atoms with E-state index in [4.69, 9.17) is 4.74 Å².